The van der Waals surface area contributed by atoms with Gasteiger partial charge in [0, 0.05) is 16.6 Å². The van der Waals surface area contributed by atoms with E-state index in [-0.39, 0.29) is 6.04 Å². The molecule has 0 aliphatic rings. The van der Waals surface area contributed by atoms with Crippen molar-refractivity contribution >= 4 is 17.3 Å². The second kappa shape index (κ2) is 6.52. The van der Waals surface area contributed by atoms with Crippen molar-refractivity contribution in [3.8, 4) is 5.88 Å². The second-order valence-corrected chi connectivity index (χ2v) is 5.20. The molecule has 2 rings (SSSR count). The molecular weight excluding hydrogens is 258 g/mol. The van der Waals surface area contributed by atoms with E-state index < -0.39 is 0 Å². The van der Waals surface area contributed by atoms with Crippen molar-refractivity contribution in [2.45, 2.75) is 33.2 Å². The predicted molar refractivity (Wildman–Crippen MR) is 78.9 cm³/mol. The van der Waals surface area contributed by atoms with Gasteiger partial charge in [0.05, 0.1) is 12.6 Å². The number of hydrogen-bond donors (Lipinski definition) is 1. The quantitative estimate of drug-likeness (QED) is 0.872. The maximum absolute atomic E-state index is 5.44. The van der Waals surface area contributed by atoms with Gasteiger partial charge in [-0.1, -0.05) is 13.0 Å². The van der Waals surface area contributed by atoms with E-state index in [2.05, 4.69) is 39.7 Å². The molecule has 0 aromatic carbocycles. The third kappa shape index (κ3) is 3.67. The lowest BCUT2D eigenvalue weighted by molar-refractivity contribution is 0.326. The van der Waals surface area contributed by atoms with E-state index in [4.69, 9.17) is 4.74 Å². The van der Waals surface area contributed by atoms with Crippen LogP contribution in [0.25, 0.3) is 0 Å². The Morgan fingerprint density at radius 2 is 2.21 bits per heavy atom. The summed E-state index contributed by atoms with van der Waals surface area (Å²) in [4.78, 5) is 10.1. The first-order chi connectivity index (χ1) is 9.22. The molecule has 2 heterocycles. The molecule has 0 radical (unpaired) electrons. The topological polar surface area (TPSA) is 47.0 Å². The first-order valence-electron chi connectivity index (χ1n) is 6.51. The number of hydrogen-bond acceptors (Lipinski definition) is 5. The lowest BCUT2D eigenvalue weighted by Crippen LogP contribution is -2.12. The average Bonchev–Trinajstić information content (AvgIpc) is 2.89. The summed E-state index contributed by atoms with van der Waals surface area (Å²) in [5.41, 5.74) is 0.905. The highest BCUT2D eigenvalue weighted by Gasteiger charge is 2.12. The molecule has 19 heavy (non-hydrogen) atoms. The van der Waals surface area contributed by atoms with Gasteiger partial charge in [-0.3, -0.25) is 0 Å². The summed E-state index contributed by atoms with van der Waals surface area (Å²) in [7, 11) is 0. The fourth-order valence-corrected chi connectivity index (χ4v) is 2.71. The first-order valence-corrected chi connectivity index (χ1v) is 7.39. The van der Waals surface area contributed by atoms with E-state index in [1.807, 2.05) is 19.9 Å². The highest BCUT2D eigenvalue weighted by molar-refractivity contribution is 7.10. The van der Waals surface area contributed by atoms with E-state index >= 15 is 0 Å². The summed E-state index contributed by atoms with van der Waals surface area (Å²) in [5.74, 6) is 1.25. The molecule has 0 fully saturated rings. The van der Waals surface area contributed by atoms with Crippen LogP contribution in [0.4, 0.5) is 5.95 Å². The maximum atomic E-state index is 5.44. The monoisotopic (exact) mass is 277 g/mol. The Labute approximate surface area is 117 Å². The van der Waals surface area contributed by atoms with Crippen LogP contribution in [0.5, 0.6) is 5.88 Å². The predicted octanol–water partition coefficient (Wildman–Crippen LogP) is 3.81. The van der Waals surface area contributed by atoms with Crippen LogP contribution >= 0.6 is 11.3 Å². The van der Waals surface area contributed by atoms with Crippen LogP contribution in [0.2, 0.25) is 0 Å². The van der Waals surface area contributed by atoms with E-state index in [9.17, 15) is 0 Å². The van der Waals surface area contributed by atoms with Gasteiger partial charge >= 0.3 is 0 Å². The van der Waals surface area contributed by atoms with Crippen molar-refractivity contribution in [1.29, 1.82) is 0 Å². The number of rotatable bonds is 6. The number of aryl methyl sites for hydroxylation is 1. The van der Waals surface area contributed by atoms with Gasteiger partial charge in [0.1, 0.15) is 0 Å². The molecule has 1 atom stereocenters. The van der Waals surface area contributed by atoms with Crippen molar-refractivity contribution < 1.29 is 4.74 Å². The summed E-state index contributed by atoms with van der Waals surface area (Å²) < 4.78 is 5.44. The molecule has 0 bridgehead atoms. The summed E-state index contributed by atoms with van der Waals surface area (Å²) in [5, 5.41) is 5.46. The lowest BCUT2D eigenvalue weighted by atomic mass is 10.2. The van der Waals surface area contributed by atoms with Crippen molar-refractivity contribution in [3.05, 3.63) is 34.2 Å². The highest BCUT2D eigenvalue weighted by atomic mass is 32.1. The number of nitrogens with zero attached hydrogens (tertiary/aromatic N) is 2. The minimum absolute atomic E-state index is 0.247. The molecule has 0 aliphatic heterocycles. The normalized spacial score (nSPS) is 12.2. The minimum atomic E-state index is 0.247. The average molecular weight is 277 g/mol. The van der Waals surface area contributed by atoms with Crippen molar-refractivity contribution in [1.82, 2.24) is 9.97 Å². The smallest absolute Gasteiger partial charge is 0.226 e. The fourth-order valence-electron chi connectivity index (χ4n) is 1.85. The number of aromatic nitrogens is 2. The maximum Gasteiger partial charge on any atom is 0.226 e. The number of thiophene rings is 1. The molecule has 5 heteroatoms. The lowest BCUT2D eigenvalue weighted by Gasteiger charge is -2.16. The Balaban J connectivity index is 2.17. The Hall–Kier alpha value is -1.62. The molecular formula is C14H19N3OS. The van der Waals surface area contributed by atoms with Crippen LogP contribution in [0, 0.1) is 6.92 Å². The Kier molecular flexibility index (Phi) is 4.74. The Morgan fingerprint density at radius 1 is 1.37 bits per heavy atom. The van der Waals surface area contributed by atoms with E-state index in [1.165, 1.54) is 4.88 Å². The molecule has 1 unspecified atom stereocenters. The highest BCUT2D eigenvalue weighted by Crippen LogP contribution is 2.25. The third-order valence-electron chi connectivity index (χ3n) is 2.72. The first kappa shape index (κ1) is 13.8. The van der Waals surface area contributed by atoms with Gasteiger partial charge in [-0.05, 0) is 31.7 Å². The van der Waals surface area contributed by atoms with Gasteiger partial charge in [-0.2, -0.15) is 4.98 Å². The summed E-state index contributed by atoms with van der Waals surface area (Å²) in [6, 6.07) is 6.29. The van der Waals surface area contributed by atoms with Crippen molar-refractivity contribution in [3.63, 3.8) is 0 Å². The van der Waals surface area contributed by atoms with Crippen molar-refractivity contribution in [2.24, 2.45) is 0 Å². The zero-order valence-corrected chi connectivity index (χ0v) is 12.3. The van der Waals surface area contributed by atoms with Crippen molar-refractivity contribution in [2.75, 3.05) is 11.9 Å². The molecule has 2 aromatic rings. The van der Waals surface area contributed by atoms with Gasteiger partial charge in [0.25, 0.3) is 0 Å². The zero-order chi connectivity index (χ0) is 13.7. The molecule has 1 N–H and O–H groups in total. The van der Waals surface area contributed by atoms with Gasteiger partial charge < -0.3 is 10.1 Å². The van der Waals surface area contributed by atoms with Crippen LogP contribution < -0.4 is 10.1 Å². The van der Waals surface area contributed by atoms with Gasteiger partial charge in [0.2, 0.25) is 11.8 Å². The summed E-state index contributed by atoms with van der Waals surface area (Å²) in [6.07, 6.45) is 0.988. The Morgan fingerprint density at radius 3 is 2.84 bits per heavy atom. The fraction of sp³-hybridized carbons (Fsp3) is 0.429. The summed E-state index contributed by atoms with van der Waals surface area (Å²) in [6.45, 7) is 6.65. The molecule has 102 valence electrons. The molecule has 0 spiro atoms. The van der Waals surface area contributed by atoms with E-state index in [0.717, 1.165) is 12.1 Å². The Bertz CT molecular complexity index is 513. The van der Waals surface area contributed by atoms with E-state index in [1.54, 1.807) is 11.3 Å². The van der Waals surface area contributed by atoms with Gasteiger partial charge in [-0.15, -0.1) is 11.3 Å². The SMILES string of the molecule is CCOc1cc(C)nc(NC(CC)c2cccs2)n1. The van der Waals surface area contributed by atoms with Crippen LogP contribution in [-0.4, -0.2) is 16.6 Å². The van der Waals surface area contributed by atoms with Crippen LogP contribution in [0.15, 0.2) is 23.6 Å². The van der Waals surface area contributed by atoms with Gasteiger partial charge in [0.15, 0.2) is 0 Å². The molecule has 0 amide bonds. The molecule has 2 aromatic heterocycles. The second-order valence-electron chi connectivity index (χ2n) is 4.22. The number of ether oxygens (including phenoxy) is 1. The van der Waals surface area contributed by atoms with Crippen LogP contribution in [0.3, 0.4) is 0 Å². The molecule has 0 saturated heterocycles. The minimum Gasteiger partial charge on any atom is -0.478 e. The van der Waals surface area contributed by atoms with Crippen LogP contribution in [0.1, 0.15) is 36.9 Å². The molecule has 0 saturated carbocycles. The molecule has 4 nitrogen and oxygen atoms in total. The molecule has 0 aliphatic carbocycles. The largest absolute Gasteiger partial charge is 0.478 e. The van der Waals surface area contributed by atoms with Crippen LogP contribution in [-0.2, 0) is 0 Å². The standard InChI is InChI=1S/C14H19N3OS/c1-4-11(12-7-6-8-19-12)16-14-15-10(3)9-13(17-14)18-5-2/h6-9,11H,4-5H2,1-3H3,(H,15,16,17). The van der Waals surface area contributed by atoms with Gasteiger partial charge in [-0.25, -0.2) is 4.98 Å². The third-order valence-corrected chi connectivity index (χ3v) is 3.71. The summed E-state index contributed by atoms with van der Waals surface area (Å²) >= 11 is 1.74. The van der Waals surface area contributed by atoms with E-state index in [0.29, 0.717) is 18.4 Å². The number of anilines is 1. The zero-order valence-electron chi connectivity index (χ0n) is 11.5. The number of nitrogens with one attached hydrogen (secondary N) is 1.